The van der Waals surface area contributed by atoms with Gasteiger partial charge in [-0.2, -0.15) is 0 Å². The summed E-state index contributed by atoms with van der Waals surface area (Å²) in [6.07, 6.45) is 2.94. The van der Waals surface area contributed by atoms with Crippen molar-refractivity contribution in [1.29, 1.82) is 0 Å². The van der Waals surface area contributed by atoms with Crippen LogP contribution in [0.3, 0.4) is 0 Å². The van der Waals surface area contributed by atoms with E-state index in [0.717, 1.165) is 5.75 Å². The van der Waals surface area contributed by atoms with Gasteiger partial charge in [-0.1, -0.05) is 6.92 Å². The standard InChI is InChI=1S/C18H24N2O6S/c1-2-27-13-9-16(23)19(17(13)24)10-11-3-5-12(6-4-11)18(25)26-20-14(21)7-8-15(20)22/h11-13H,2-10H2,1H3. The van der Waals surface area contributed by atoms with Crippen LogP contribution in [0.1, 0.15) is 51.9 Å². The zero-order chi connectivity index (χ0) is 19.6. The van der Waals surface area contributed by atoms with Gasteiger partial charge in [-0.25, -0.2) is 4.79 Å². The predicted molar refractivity (Wildman–Crippen MR) is 95.9 cm³/mol. The first-order chi connectivity index (χ1) is 12.9. The first-order valence-electron chi connectivity index (χ1n) is 9.44. The minimum atomic E-state index is -0.551. The molecule has 0 bridgehead atoms. The summed E-state index contributed by atoms with van der Waals surface area (Å²) < 4.78 is 0. The number of carbonyl (C=O) groups excluding carboxylic acids is 5. The zero-order valence-corrected chi connectivity index (χ0v) is 16.2. The van der Waals surface area contributed by atoms with Crippen molar-refractivity contribution in [2.75, 3.05) is 12.3 Å². The Morgan fingerprint density at radius 2 is 1.67 bits per heavy atom. The molecule has 8 nitrogen and oxygen atoms in total. The molecule has 3 aliphatic rings. The average Bonchev–Trinajstić information content (AvgIpc) is 3.10. The molecule has 3 rings (SSSR count). The lowest BCUT2D eigenvalue weighted by molar-refractivity contribution is -0.201. The minimum absolute atomic E-state index is 0.0774. The van der Waals surface area contributed by atoms with Crippen molar-refractivity contribution < 1.29 is 28.8 Å². The maximum absolute atomic E-state index is 12.3. The van der Waals surface area contributed by atoms with Crippen LogP contribution in [0, 0.1) is 11.8 Å². The van der Waals surface area contributed by atoms with Gasteiger partial charge >= 0.3 is 5.97 Å². The lowest BCUT2D eigenvalue weighted by Crippen LogP contribution is -2.39. The molecule has 0 aromatic carbocycles. The molecule has 0 radical (unpaired) electrons. The molecule has 0 aromatic rings. The number of hydrogen-bond donors (Lipinski definition) is 0. The van der Waals surface area contributed by atoms with Crippen molar-refractivity contribution >= 4 is 41.4 Å². The average molecular weight is 396 g/mol. The van der Waals surface area contributed by atoms with Crippen LogP contribution in [0.15, 0.2) is 0 Å². The highest BCUT2D eigenvalue weighted by Gasteiger charge is 2.41. The molecule has 2 heterocycles. The first kappa shape index (κ1) is 19.9. The quantitative estimate of drug-likeness (QED) is 0.623. The molecule has 1 saturated carbocycles. The largest absolute Gasteiger partial charge is 0.336 e. The van der Waals surface area contributed by atoms with E-state index in [1.54, 1.807) is 0 Å². The maximum Gasteiger partial charge on any atom is 0.336 e. The van der Waals surface area contributed by atoms with Crippen LogP contribution < -0.4 is 0 Å². The van der Waals surface area contributed by atoms with Gasteiger partial charge in [0.25, 0.3) is 11.8 Å². The van der Waals surface area contributed by atoms with Gasteiger partial charge in [0.15, 0.2) is 0 Å². The highest BCUT2D eigenvalue weighted by molar-refractivity contribution is 8.00. The molecule has 9 heteroatoms. The molecule has 1 atom stereocenters. The van der Waals surface area contributed by atoms with Crippen LogP contribution in [0.4, 0.5) is 0 Å². The van der Waals surface area contributed by atoms with Crippen LogP contribution in [0.25, 0.3) is 0 Å². The third-order valence-electron chi connectivity index (χ3n) is 5.38. The van der Waals surface area contributed by atoms with Gasteiger partial charge in [-0.05, 0) is 37.4 Å². The van der Waals surface area contributed by atoms with E-state index in [0.29, 0.717) is 37.3 Å². The van der Waals surface area contributed by atoms with Gasteiger partial charge in [-0.3, -0.25) is 24.1 Å². The van der Waals surface area contributed by atoms with E-state index in [-0.39, 0.29) is 48.2 Å². The third kappa shape index (κ3) is 4.34. The summed E-state index contributed by atoms with van der Waals surface area (Å²) in [5, 5.41) is 0.325. The zero-order valence-electron chi connectivity index (χ0n) is 15.3. The Labute approximate surface area is 161 Å². The van der Waals surface area contributed by atoms with Crippen LogP contribution in [0.2, 0.25) is 0 Å². The Morgan fingerprint density at radius 1 is 1.04 bits per heavy atom. The number of amides is 4. The van der Waals surface area contributed by atoms with Crippen molar-refractivity contribution in [2.45, 2.75) is 57.1 Å². The van der Waals surface area contributed by atoms with Crippen molar-refractivity contribution in [3.63, 3.8) is 0 Å². The Kier molecular flexibility index (Phi) is 6.18. The maximum atomic E-state index is 12.3. The Hall–Kier alpha value is -1.90. The lowest BCUT2D eigenvalue weighted by Gasteiger charge is -2.30. The first-order valence-corrected chi connectivity index (χ1v) is 10.5. The highest BCUT2D eigenvalue weighted by atomic mass is 32.2. The number of hydroxylamine groups is 2. The minimum Gasteiger partial charge on any atom is -0.330 e. The lowest BCUT2D eigenvalue weighted by atomic mass is 9.82. The third-order valence-corrected chi connectivity index (χ3v) is 6.48. The Morgan fingerprint density at radius 3 is 2.26 bits per heavy atom. The fourth-order valence-electron chi connectivity index (χ4n) is 3.84. The number of thioether (sulfide) groups is 1. The second-order valence-corrected chi connectivity index (χ2v) is 8.68. The van der Waals surface area contributed by atoms with Gasteiger partial charge in [0.1, 0.15) is 0 Å². The molecular weight excluding hydrogens is 372 g/mol. The van der Waals surface area contributed by atoms with E-state index in [4.69, 9.17) is 4.84 Å². The van der Waals surface area contributed by atoms with Gasteiger partial charge in [0, 0.05) is 25.8 Å². The van der Waals surface area contributed by atoms with Gasteiger partial charge in [0.2, 0.25) is 11.8 Å². The van der Waals surface area contributed by atoms with Crippen molar-refractivity contribution in [2.24, 2.45) is 11.8 Å². The van der Waals surface area contributed by atoms with E-state index >= 15 is 0 Å². The SMILES string of the molecule is CCSC1CC(=O)N(CC2CCC(C(=O)ON3C(=O)CCC3=O)CC2)C1=O. The van der Waals surface area contributed by atoms with Crippen LogP contribution >= 0.6 is 11.8 Å². The van der Waals surface area contributed by atoms with Crippen molar-refractivity contribution in [3.05, 3.63) is 0 Å². The van der Waals surface area contributed by atoms with E-state index in [2.05, 4.69) is 0 Å². The normalized spacial score (nSPS) is 29.0. The molecule has 0 spiro atoms. The molecule has 0 N–H and O–H groups in total. The van der Waals surface area contributed by atoms with E-state index < -0.39 is 17.8 Å². The smallest absolute Gasteiger partial charge is 0.330 e. The second-order valence-electron chi connectivity index (χ2n) is 7.20. The number of likely N-dealkylation sites (tertiary alicyclic amines) is 1. The Balaban J connectivity index is 1.47. The molecule has 1 unspecified atom stereocenters. The fourth-order valence-corrected chi connectivity index (χ4v) is 4.77. The summed E-state index contributed by atoms with van der Waals surface area (Å²) in [7, 11) is 0. The molecule has 0 aromatic heterocycles. The van der Waals surface area contributed by atoms with E-state index in [1.807, 2.05) is 6.92 Å². The molecule has 4 amide bonds. The van der Waals surface area contributed by atoms with Crippen LogP contribution in [-0.2, 0) is 28.8 Å². The molecule has 1 aliphatic carbocycles. The van der Waals surface area contributed by atoms with Crippen molar-refractivity contribution in [1.82, 2.24) is 9.96 Å². The summed E-state index contributed by atoms with van der Waals surface area (Å²) in [4.78, 5) is 66.1. The summed E-state index contributed by atoms with van der Waals surface area (Å²) in [6, 6.07) is 0. The molecule has 2 aliphatic heterocycles. The van der Waals surface area contributed by atoms with E-state index in [9.17, 15) is 24.0 Å². The number of hydrogen-bond acceptors (Lipinski definition) is 7. The fraction of sp³-hybridized carbons (Fsp3) is 0.722. The van der Waals surface area contributed by atoms with Crippen LogP contribution in [0.5, 0.6) is 0 Å². The number of imide groups is 2. The monoisotopic (exact) mass is 396 g/mol. The molecule has 3 fully saturated rings. The van der Waals surface area contributed by atoms with Crippen molar-refractivity contribution in [3.8, 4) is 0 Å². The summed E-state index contributed by atoms with van der Waals surface area (Å²) in [5.74, 6) is -1.12. The molecular formula is C18H24N2O6S. The molecule has 2 saturated heterocycles. The summed E-state index contributed by atoms with van der Waals surface area (Å²) in [6.45, 7) is 2.37. The topological polar surface area (TPSA) is 101 Å². The summed E-state index contributed by atoms with van der Waals surface area (Å²) >= 11 is 1.50. The summed E-state index contributed by atoms with van der Waals surface area (Å²) in [5.41, 5.74) is 0. The van der Waals surface area contributed by atoms with Gasteiger partial charge < -0.3 is 4.84 Å². The molecule has 148 valence electrons. The second kappa shape index (κ2) is 8.41. The molecule has 27 heavy (non-hydrogen) atoms. The van der Waals surface area contributed by atoms with Crippen LogP contribution in [-0.4, -0.2) is 57.1 Å². The van der Waals surface area contributed by atoms with Gasteiger partial charge in [0.05, 0.1) is 11.2 Å². The highest BCUT2D eigenvalue weighted by Crippen LogP contribution is 2.33. The van der Waals surface area contributed by atoms with Gasteiger partial charge in [-0.15, -0.1) is 16.8 Å². The number of carbonyl (C=O) groups is 5. The number of nitrogens with zero attached hydrogens (tertiary/aromatic N) is 2. The predicted octanol–water partition coefficient (Wildman–Crippen LogP) is 1.28. The van der Waals surface area contributed by atoms with E-state index in [1.165, 1.54) is 16.7 Å². The number of rotatable bonds is 6. The Bertz CT molecular complexity index is 642.